The molecule has 5 nitrogen and oxygen atoms in total. The number of anilines is 2. The highest BCUT2D eigenvalue weighted by molar-refractivity contribution is 7.13. The molecule has 1 aromatic heterocycles. The van der Waals surface area contributed by atoms with E-state index >= 15 is 0 Å². The molecule has 0 saturated carbocycles. The second-order valence-electron chi connectivity index (χ2n) is 4.86. The van der Waals surface area contributed by atoms with Crippen LogP contribution in [0.5, 0.6) is 0 Å². The minimum Gasteiger partial charge on any atom is -0.311 e. The van der Waals surface area contributed by atoms with Gasteiger partial charge in [-0.05, 0) is 12.1 Å². The zero-order valence-corrected chi connectivity index (χ0v) is 12.1. The number of carbonyl (C=O) groups is 2. The molecule has 1 aromatic carbocycles. The molecule has 22 heavy (non-hydrogen) atoms. The monoisotopic (exact) mass is 323 g/mol. The lowest BCUT2D eigenvalue weighted by atomic mass is 10.1. The average molecular weight is 323 g/mol. The van der Waals surface area contributed by atoms with Gasteiger partial charge in [-0.1, -0.05) is 0 Å². The predicted octanol–water partition coefficient (Wildman–Crippen LogP) is 2.41. The van der Waals surface area contributed by atoms with E-state index in [2.05, 4.69) is 10.3 Å². The highest BCUT2D eigenvalue weighted by Gasteiger charge is 2.35. The Morgan fingerprint density at radius 1 is 1.32 bits per heavy atom. The van der Waals surface area contributed by atoms with Crippen LogP contribution >= 0.6 is 11.3 Å². The van der Waals surface area contributed by atoms with E-state index in [4.69, 9.17) is 0 Å². The van der Waals surface area contributed by atoms with Crippen LogP contribution in [0.1, 0.15) is 6.42 Å². The zero-order valence-electron chi connectivity index (χ0n) is 11.3. The molecule has 2 heterocycles. The lowest BCUT2D eigenvalue weighted by molar-refractivity contribution is -0.122. The molecule has 0 spiro atoms. The topological polar surface area (TPSA) is 62.3 Å². The Bertz CT molecular complexity index is 701. The minimum absolute atomic E-state index is 0.00462. The van der Waals surface area contributed by atoms with Gasteiger partial charge in [-0.15, -0.1) is 11.3 Å². The Kier molecular flexibility index (Phi) is 3.84. The van der Waals surface area contributed by atoms with Crippen LogP contribution in [0.4, 0.5) is 19.6 Å². The summed E-state index contributed by atoms with van der Waals surface area (Å²) in [5, 5.41) is 4.79. The summed E-state index contributed by atoms with van der Waals surface area (Å²) < 4.78 is 26.5. The summed E-state index contributed by atoms with van der Waals surface area (Å²) in [5.74, 6) is -2.79. The van der Waals surface area contributed by atoms with Crippen molar-refractivity contribution in [2.24, 2.45) is 5.92 Å². The van der Waals surface area contributed by atoms with Crippen molar-refractivity contribution < 1.29 is 18.4 Å². The largest absolute Gasteiger partial charge is 0.311 e. The molecular weight excluding hydrogens is 312 g/mol. The van der Waals surface area contributed by atoms with Crippen molar-refractivity contribution in [2.45, 2.75) is 6.42 Å². The molecule has 1 N–H and O–H groups in total. The van der Waals surface area contributed by atoms with Crippen molar-refractivity contribution >= 4 is 34.0 Å². The Morgan fingerprint density at radius 3 is 2.68 bits per heavy atom. The molecule has 0 bridgehead atoms. The molecule has 1 atom stereocenters. The maximum absolute atomic E-state index is 13.3. The molecule has 1 fully saturated rings. The third-order valence-electron chi connectivity index (χ3n) is 3.32. The number of aromatic nitrogens is 1. The lowest BCUT2D eigenvalue weighted by Crippen LogP contribution is -2.28. The molecule has 114 valence electrons. The molecule has 1 unspecified atom stereocenters. The van der Waals surface area contributed by atoms with Gasteiger partial charge in [0.25, 0.3) is 0 Å². The molecule has 2 aromatic rings. The standard InChI is InChI=1S/C14H11F2N3O2S/c15-9-4-10(16)6-11(5-9)19-7-8(3-12(19)20)13(21)18-14-17-1-2-22-14/h1-2,4-6,8H,3,7H2,(H,17,18,21). The third kappa shape index (κ3) is 2.96. The van der Waals surface area contributed by atoms with E-state index in [1.807, 2.05) is 0 Å². The highest BCUT2D eigenvalue weighted by Crippen LogP contribution is 2.27. The number of nitrogens with zero attached hydrogens (tertiary/aromatic N) is 2. The minimum atomic E-state index is -0.765. The Labute approximate surface area is 128 Å². The van der Waals surface area contributed by atoms with E-state index in [0.29, 0.717) is 5.13 Å². The Balaban J connectivity index is 1.74. The van der Waals surface area contributed by atoms with Gasteiger partial charge in [-0.2, -0.15) is 0 Å². The maximum Gasteiger partial charge on any atom is 0.231 e. The van der Waals surface area contributed by atoms with Crippen molar-refractivity contribution in [1.82, 2.24) is 4.98 Å². The van der Waals surface area contributed by atoms with E-state index in [1.54, 1.807) is 11.6 Å². The number of hydrogen-bond donors (Lipinski definition) is 1. The molecule has 1 aliphatic heterocycles. The van der Waals surface area contributed by atoms with Gasteiger partial charge < -0.3 is 10.2 Å². The smallest absolute Gasteiger partial charge is 0.231 e. The van der Waals surface area contributed by atoms with Crippen LogP contribution in [0, 0.1) is 17.6 Å². The van der Waals surface area contributed by atoms with E-state index in [-0.39, 0.29) is 30.5 Å². The quantitative estimate of drug-likeness (QED) is 0.943. The normalized spacial score (nSPS) is 17.8. The molecular formula is C14H11F2N3O2S. The highest BCUT2D eigenvalue weighted by atomic mass is 32.1. The molecule has 0 radical (unpaired) electrons. The van der Waals surface area contributed by atoms with E-state index in [0.717, 1.165) is 18.2 Å². The number of nitrogens with one attached hydrogen (secondary N) is 1. The maximum atomic E-state index is 13.3. The van der Waals surface area contributed by atoms with Gasteiger partial charge in [0.2, 0.25) is 11.8 Å². The number of carbonyl (C=O) groups excluding carboxylic acids is 2. The van der Waals surface area contributed by atoms with Crippen LogP contribution in [0.3, 0.4) is 0 Å². The van der Waals surface area contributed by atoms with Crippen LogP contribution in [-0.4, -0.2) is 23.3 Å². The van der Waals surface area contributed by atoms with Gasteiger partial charge in [0, 0.05) is 36.3 Å². The van der Waals surface area contributed by atoms with Gasteiger partial charge in [0.05, 0.1) is 5.92 Å². The fraction of sp³-hybridized carbons (Fsp3) is 0.214. The summed E-state index contributed by atoms with van der Waals surface area (Å²) in [6, 6.07) is 2.88. The summed E-state index contributed by atoms with van der Waals surface area (Å²) in [5.41, 5.74) is 0.118. The fourth-order valence-corrected chi connectivity index (χ4v) is 2.85. The molecule has 8 heteroatoms. The molecule has 3 rings (SSSR count). The number of benzene rings is 1. The first kappa shape index (κ1) is 14.6. The fourth-order valence-electron chi connectivity index (χ4n) is 2.32. The second-order valence-corrected chi connectivity index (χ2v) is 5.75. The number of hydrogen-bond acceptors (Lipinski definition) is 4. The molecule has 0 aliphatic carbocycles. The Morgan fingerprint density at radius 2 is 2.05 bits per heavy atom. The van der Waals surface area contributed by atoms with E-state index in [1.165, 1.54) is 16.2 Å². The third-order valence-corrected chi connectivity index (χ3v) is 4.01. The lowest BCUT2D eigenvalue weighted by Gasteiger charge is -2.16. The van der Waals surface area contributed by atoms with Crippen molar-refractivity contribution in [3.63, 3.8) is 0 Å². The zero-order chi connectivity index (χ0) is 15.7. The molecule has 1 aliphatic rings. The van der Waals surface area contributed by atoms with Crippen LogP contribution in [-0.2, 0) is 9.59 Å². The first-order valence-corrected chi connectivity index (χ1v) is 7.38. The number of rotatable bonds is 3. The van der Waals surface area contributed by atoms with E-state index in [9.17, 15) is 18.4 Å². The average Bonchev–Trinajstić information content (AvgIpc) is 3.07. The predicted molar refractivity (Wildman–Crippen MR) is 77.6 cm³/mol. The van der Waals surface area contributed by atoms with Crippen molar-refractivity contribution in [3.05, 3.63) is 41.4 Å². The van der Waals surface area contributed by atoms with Crippen molar-refractivity contribution in [3.8, 4) is 0 Å². The second kappa shape index (κ2) is 5.80. The van der Waals surface area contributed by atoms with Crippen molar-refractivity contribution in [1.29, 1.82) is 0 Å². The first-order chi connectivity index (χ1) is 10.5. The summed E-state index contributed by atoms with van der Waals surface area (Å²) in [6.45, 7) is 0.0823. The van der Waals surface area contributed by atoms with Crippen LogP contribution in [0.25, 0.3) is 0 Å². The first-order valence-electron chi connectivity index (χ1n) is 6.50. The van der Waals surface area contributed by atoms with E-state index < -0.39 is 17.6 Å². The Hall–Kier alpha value is -2.35. The number of halogens is 2. The van der Waals surface area contributed by atoms with Gasteiger partial charge in [-0.3, -0.25) is 9.59 Å². The van der Waals surface area contributed by atoms with Gasteiger partial charge in [0.15, 0.2) is 5.13 Å². The molecule has 1 saturated heterocycles. The summed E-state index contributed by atoms with van der Waals surface area (Å²) in [4.78, 5) is 29.3. The SMILES string of the molecule is O=C(Nc1nccs1)C1CC(=O)N(c2cc(F)cc(F)c2)C1. The van der Waals surface area contributed by atoms with Gasteiger partial charge >= 0.3 is 0 Å². The summed E-state index contributed by atoms with van der Waals surface area (Å²) in [6.07, 6.45) is 1.55. The summed E-state index contributed by atoms with van der Waals surface area (Å²) in [7, 11) is 0. The van der Waals surface area contributed by atoms with Crippen molar-refractivity contribution in [2.75, 3.05) is 16.8 Å². The summed E-state index contributed by atoms with van der Waals surface area (Å²) >= 11 is 1.27. The van der Waals surface area contributed by atoms with Crippen LogP contribution < -0.4 is 10.2 Å². The van der Waals surface area contributed by atoms with Crippen LogP contribution in [0.2, 0.25) is 0 Å². The van der Waals surface area contributed by atoms with Gasteiger partial charge in [-0.25, -0.2) is 13.8 Å². The van der Waals surface area contributed by atoms with Gasteiger partial charge in [0.1, 0.15) is 11.6 Å². The van der Waals surface area contributed by atoms with Crippen LogP contribution in [0.15, 0.2) is 29.8 Å². The molecule has 2 amide bonds. The number of amides is 2. The number of thiazole rings is 1.